The maximum Gasteiger partial charge on any atom is 0.252 e. The molecule has 2 aliphatic rings. The normalized spacial score (nSPS) is 21.0. The molecule has 4 N–H and O–H groups in total. The second-order valence-corrected chi connectivity index (χ2v) is 6.97. The number of amides is 1. The van der Waals surface area contributed by atoms with Crippen molar-refractivity contribution in [3.8, 4) is 0 Å². The van der Waals surface area contributed by atoms with Crippen LogP contribution in [0.15, 0.2) is 29.3 Å². The van der Waals surface area contributed by atoms with Gasteiger partial charge in [0.25, 0.3) is 5.91 Å². The van der Waals surface area contributed by atoms with Crippen molar-refractivity contribution in [2.24, 2.45) is 22.4 Å². The Kier molecular flexibility index (Phi) is 4.21. The van der Waals surface area contributed by atoms with Gasteiger partial charge < -0.3 is 20.8 Å². The third-order valence-electron chi connectivity index (χ3n) is 5.45. The van der Waals surface area contributed by atoms with Crippen LogP contribution in [0.1, 0.15) is 36.6 Å². The minimum atomic E-state index is -0.200. The van der Waals surface area contributed by atoms with Gasteiger partial charge in [-0.2, -0.15) is 4.99 Å². The first-order valence-corrected chi connectivity index (χ1v) is 8.97. The summed E-state index contributed by atoms with van der Waals surface area (Å²) >= 11 is 0. The van der Waals surface area contributed by atoms with Crippen molar-refractivity contribution < 1.29 is 9.53 Å². The molecule has 6 heteroatoms. The number of rotatable bonds is 2. The molecule has 4 rings (SSSR count). The molecule has 6 nitrogen and oxygen atoms in total. The summed E-state index contributed by atoms with van der Waals surface area (Å²) in [5.74, 6) is -0.493. The van der Waals surface area contributed by atoms with E-state index in [-0.39, 0.29) is 17.8 Å². The number of benzene rings is 1. The zero-order chi connectivity index (χ0) is 17.4. The maximum absolute atomic E-state index is 12.3. The molecule has 1 aliphatic carbocycles. The molecular formula is C19H24N4O2. The van der Waals surface area contributed by atoms with E-state index in [1.165, 1.54) is 22.2 Å². The van der Waals surface area contributed by atoms with Crippen molar-refractivity contribution in [3.05, 3.63) is 35.5 Å². The lowest BCUT2D eigenvalue weighted by atomic mass is 9.86. The minimum Gasteiger partial charge on any atom is -0.381 e. The zero-order valence-electron chi connectivity index (χ0n) is 14.3. The summed E-state index contributed by atoms with van der Waals surface area (Å²) in [4.78, 5) is 16.1. The monoisotopic (exact) mass is 340 g/mol. The average molecular weight is 340 g/mol. The Hall–Kier alpha value is -2.34. The van der Waals surface area contributed by atoms with Crippen LogP contribution in [0.5, 0.6) is 0 Å². The van der Waals surface area contributed by atoms with Gasteiger partial charge in [0.15, 0.2) is 5.96 Å². The van der Waals surface area contributed by atoms with Crippen LogP contribution in [0.3, 0.4) is 0 Å². The molecule has 1 atom stereocenters. The van der Waals surface area contributed by atoms with Gasteiger partial charge in [0, 0.05) is 41.8 Å². The van der Waals surface area contributed by atoms with Gasteiger partial charge in [-0.05, 0) is 43.7 Å². The summed E-state index contributed by atoms with van der Waals surface area (Å²) in [5.41, 5.74) is 14.7. The maximum atomic E-state index is 12.3. The number of carbonyl (C=O) groups excluding carboxylic acids is 1. The first kappa shape index (κ1) is 16.1. The van der Waals surface area contributed by atoms with Crippen LogP contribution in [-0.4, -0.2) is 29.6 Å². The number of carbonyl (C=O) groups is 1. The second-order valence-electron chi connectivity index (χ2n) is 6.97. The molecule has 1 amide bonds. The van der Waals surface area contributed by atoms with Crippen molar-refractivity contribution in [2.75, 3.05) is 13.2 Å². The summed E-state index contributed by atoms with van der Waals surface area (Å²) in [6.45, 7) is 1.59. The molecule has 1 aromatic carbocycles. The van der Waals surface area contributed by atoms with Crippen LogP contribution in [0.25, 0.3) is 10.9 Å². The molecule has 25 heavy (non-hydrogen) atoms. The van der Waals surface area contributed by atoms with Crippen molar-refractivity contribution in [3.63, 3.8) is 0 Å². The Morgan fingerprint density at radius 3 is 2.68 bits per heavy atom. The highest BCUT2D eigenvalue weighted by Gasteiger charge is 2.31. The largest absolute Gasteiger partial charge is 0.381 e. The van der Waals surface area contributed by atoms with Gasteiger partial charge >= 0.3 is 0 Å². The number of hydrogen-bond donors (Lipinski definition) is 2. The van der Waals surface area contributed by atoms with Crippen LogP contribution in [0.4, 0.5) is 0 Å². The highest BCUT2D eigenvalue weighted by atomic mass is 16.5. The van der Waals surface area contributed by atoms with E-state index in [2.05, 4.69) is 33.8 Å². The number of guanidine groups is 1. The predicted molar refractivity (Wildman–Crippen MR) is 97.4 cm³/mol. The molecular weight excluding hydrogens is 316 g/mol. The summed E-state index contributed by atoms with van der Waals surface area (Å²) in [5, 5.41) is 1.32. The van der Waals surface area contributed by atoms with Crippen molar-refractivity contribution in [2.45, 2.75) is 38.1 Å². The van der Waals surface area contributed by atoms with Gasteiger partial charge in [0.2, 0.25) is 0 Å². The van der Waals surface area contributed by atoms with Gasteiger partial charge in [-0.15, -0.1) is 0 Å². The number of nitrogens with zero attached hydrogens (tertiary/aromatic N) is 2. The fourth-order valence-electron chi connectivity index (χ4n) is 4.33. The smallest absolute Gasteiger partial charge is 0.252 e. The molecule has 0 saturated carbocycles. The lowest BCUT2D eigenvalue weighted by Gasteiger charge is -2.29. The molecule has 132 valence electrons. The molecule has 1 unspecified atom stereocenters. The Balaban J connectivity index is 1.77. The number of nitrogens with two attached hydrogens (primary N) is 2. The highest BCUT2D eigenvalue weighted by Crippen LogP contribution is 2.38. The quantitative estimate of drug-likeness (QED) is 0.645. The third kappa shape index (κ3) is 2.91. The lowest BCUT2D eigenvalue weighted by Crippen LogP contribution is -2.29. The third-order valence-corrected chi connectivity index (χ3v) is 5.45. The molecule has 2 aromatic rings. The molecule has 1 saturated heterocycles. The summed E-state index contributed by atoms with van der Waals surface area (Å²) in [6.07, 6.45) is 4.42. The number of para-hydroxylation sites is 1. The SMILES string of the molecule is NC(N)=NC(=O)C1CCc2c(n(C3CCOCC3)c3ccccc23)C1. The van der Waals surface area contributed by atoms with E-state index in [1.54, 1.807) is 0 Å². The van der Waals surface area contributed by atoms with E-state index in [0.717, 1.165) is 38.9 Å². The van der Waals surface area contributed by atoms with E-state index < -0.39 is 0 Å². The summed E-state index contributed by atoms with van der Waals surface area (Å²) < 4.78 is 8.00. The first-order chi connectivity index (χ1) is 12.1. The zero-order valence-corrected chi connectivity index (χ0v) is 14.3. The molecule has 1 aromatic heterocycles. The van der Waals surface area contributed by atoms with E-state index in [1.807, 2.05) is 0 Å². The summed E-state index contributed by atoms with van der Waals surface area (Å²) in [6, 6.07) is 9.00. The molecule has 2 heterocycles. The topological polar surface area (TPSA) is 95.6 Å². The van der Waals surface area contributed by atoms with E-state index in [0.29, 0.717) is 12.5 Å². The molecule has 0 bridgehead atoms. The van der Waals surface area contributed by atoms with Gasteiger partial charge in [0.05, 0.1) is 0 Å². The lowest BCUT2D eigenvalue weighted by molar-refractivity contribution is -0.121. The van der Waals surface area contributed by atoms with Gasteiger partial charge in [0.1, 0.15) is 0 Å². The Labute approximate surface area is 146 Å². The number of aliphatic imine (C=N–C) groups is 1. The number of aryl methyl sites for hydroxylation is 1. The van der Waals surface area contributed by atoms with Gasteiger partial charge in [-0.1, -0.05) is 18.2 Å². The average Bonchev–Trinajstić information content (AvgIpc) is 2.95. The van der Waals surface area contributed by atoms with Crippen LogP contribution < -0.4 is 11.5 Å². The van der Waals surface area contributed by atoms with Crippen LogP contribution >= 0.6 is 0 Å². The second kappa shape index (κ2) is 6.52. The fourth-order valence-corrected chi connectivity index (χ4v) is 4.33. The Morgan fingerprint density at radius 1 is 1.16 bits per heavy atom. The molecule has 1 aliphatic heterocycles. The minimum absolute atomic E-state index is 0.141. The fraction of sp³-hybridized carbons (Fsp3) is 0.474. The first-order valence-electron chi connectivity index (χ1n) is 8.97. The molecule has 1 fully saturated rings. The molecule has 0 spiro atoms. The highest BCUT2D eigenvalue weighted by molar-refractivity contribution is 5.93. The number of aromatic nitrogens is 1. The van der Waals surface area contributed by atoms with Crippen molar-refractivity contribution >= 4 is 22.8 Å². The Morgan fingerprint density at radius 2 is 1.92 bits per heavy atom. The van der Waals surface area contributed by atoms with E-state index >= 15 is 0 Å². The molecule has 0 radical (unpaired) electrons. The summed E-state index contributed by atoms with van der Waals surface area (Å²) in [7, 11) is 0. The van der Waals surface area contributed by atoms with Gasteiger partial charge in [-0.3, -0.25) is 4.79 Å². The van der Waals surface area contributed by atoms with Crippen LogP contribution in [0.2, 0.25) is 0 Å². The van der Waals surface area contributed by atoms with Crippen LogP contribution in [-0.2, 0) is 22.4 Å². The van der Waals surface area contributed by atoms with Crippen molar-refractivity contribution in [1.82, 2.24) is 4.57 Å². The Bertz CT molecular complexity index is 829. The van der Waals surface area contributed by atoms with Gasteiger partial charge in [-0.25, -0.2) is 0 Å². The van der Waals surface area contributed by atoms with Crippen LogP contribution in [0, 0.1) is 5.92 Å². The predicted octanol–water partition coefficient (Wildman–Crippen LogP) is 1.90. The number of hydrogen-bond acceptors (Lipinski definition) is 2. The number of ether oxygens (including phenoxy) is 1. The van der Waals surface area contributed by atoms with E-state index in [9.17, 15) is 4.79 Å². The van der Waals surface area contributed by atoms with Crippen molar-refractivity contribution in [1.29, 1.82) is 0 Å². The van der Waals surface area contributed by atoms with E-state index in [4.69, 9.17) is 16.2 Å². The number of fused-ring (bicyclic) bond motifs is 3. The standard InChI is InChI=1S/C19H24N4O2/c20-19(21)22-18(24)12-5-6-15-14-3-1-2-4-16(14)23(17(15)11-12)13-7-9-25-10-8-13/h1-4,12-13H,5-11H2,(H4,20,21,22,24).